The van der Waals surface area contributed by atoms with Gasteiger partial charge in [-0.05, 0) is 51.0 Å². The Labute approximate surface area is 203 Å². The SMILES string of the molecule is CC[C@H](C(=O)NC(C)(C)C)N(Cc1ccccc1Cl)C(=O)CSCc1c(F)cccc1Cl. The van der Waals surface area contributed by atoms with E-state index in [4.69, 9.17) is 23.2 Å². The summed E-state index contributed by atoms with van der Waals surface area (Å²) in [6, 6.07) is 11.1. The Bertz CT molecular complexity index is 930. The Balaban J connectivity index is 2.21. The highest BCUT2D eigenvalue weighted by atomic mass is 35.5. The molecule has 32 heavy (non-hydrogen) atoms. The minimum Gasteiger partial charge on any atom is -0.350 e. The maximum Gasteiger partial charge on any atom is 0.243 e. The molecule has 2 amide bonds. The first-order valence-electron chi connectivity index (χ1n) is 10.4. The van der Waals surface area contributed by atoms with Crippen molar-refractivity contribution < 1.29 is 14.0 Å². The van der Waals surface area contributed by atoms with Crippen LogP contribution in [0, 0.1) is 5.82 Å². The molecule has 0 heterocycles. The molecule has 0 spiro atoms. The Morgan fingerprint density at radius 1 is 1.09 bits per heavy atom. The molecule has 8 heteroatoms. The number of nitrogens with one attached hydrogen (secondary N) is 1. The number of hydrogen-bond donors (Lipinski definition) is 1. The van der Waals surface area contributed by atoms with E-state index in [-0.39, 0.29) is 29.9 Å². The Kier molecular flexibility index (Phi) is 9.86. The zero-order valence-corrected chi connectivity index (χ0v) is 21.1. The lowest BCUT2D eigenvalue weighted by Gasteiger charge is -2.33. The number of rotatable bonds is 9. The third kappa shape index (κ3) is 7.68. The highest BCUT2D eigenvalue weighted by Gasteiger charge is 2.31. The number of hydrogen-bond acceptors (Lipinski definition) is 3. The van der Waals surface area contributed by atoms with Gasteiger partial charge in [0.2, 0.25) is 11.8 Å². The predicted molar refractivity (Wildman–Crippen MR) is 132 cm³/mol. The molecule has 0 aliphatic rings. The molecule has 2 rings (SSSR count). The van der Waals surface area contributed by atoms with Crippen molar-refractivity contribution in [1.29, 1.82) is 0 Å². The minimum absolute atomic E-state index is 0.0778. The van der Waals surface area contributed by atoms with Crippen molar-refractivity contribution in [2.45, 2.75) is 58.0 Å². The molecule has 4 nitrogen and oxygen atoms in total. The van der Waals surface area contributed by atoms with Crippen LogP contribution in [0.15, 0.2) is 42.5 Å². The van der Waals surface area contributed by atoms with E-state index < -0.39 is 17.4 Å². The van der Waals surface area contributed by atoms with Crippen LogP contribution in [0.5, 0.6) is 0 Å². The summed E-state index contributed by atoms with van der Waals surface area (Å²) in [5, 5.41) is 3.82. The molecule has 0 aliphatic carbocycles. The molecule has 0 fully saturated rings. The highest BCUT2D eigenvalue weighted by molar-refractivity contribution is 7.99. The maximum absolute atomic E-state index is 14.1. The van der Waals surface area contributed by atoms with Crippen LogP contribution in [0.4, 0.5) is 4.39 Å². The van der Waals surface area contributed by atoms with Gasteiger partial charge in [0.15, 0.2) is 0 Å². The van der Waals surface area contributed by atoms with Crippen LogP contribution in [0.1, 0.15) is 45.2 Å². The Morgan fingerprint density at radius 2 is 1.75 bits per heavy atom. The number of carbonyl (C=O) groups is 2. The first kappa shape index (κ1) is 26.5. The summed E-state index contributed by atoms with van der Waals surface area (Å²) >= 11 is 13.7. The fourth-order valence-electron chi connectivity index (χ4n) is 3.18. The average Bonchev–Trinajstić information content (AvgIpc) is 2.70. The summed E-state index contributed by atoms with van der Waals surface area (Å²) in [6.45, 7) is 7.76. The van der Waals surface area contributed by atoms with Crippen molar-refractivity contribution in [3.63, 3.8) is 0 Å². The first-order valence-corrected chi connectivity index (χ1v) is 12.3. The van der Waals surface area contributed by atoms with Crippen molar-refractivity contribution in [2.24, 2.45) is 0 Å². The van der Waals surface area contributed by atoms with E-state index in [9.17, 15) is 14.0 Å². The lowest BCUT2D eigenvalue weighted by Crippen LogP contribution is -2.53. The fourth-order valence-corrected chi connectivity index (χ4v) is 4.62. The molecule has 1 N–H and O–H groups in total. The third-order valence-corrected chi connectivity index (χ3v) is 6.38. The average molecular weight is 499 g/mol. The first-order chi connectivity index (χ1) is 15.0. The standard InChI is InChI=1S/C24H29Cl2FN2O2S/c1-5-21(23(31)28-24(2,3)4)29(13-16-9-6-7-10-18(16)25)22(30)15-32-14-17-19(26)11-8-12-20(17)27/h6-12,21H,5,13-15H2,1-4H3,(H,28,31)/t21-/m1/s1. The van der Waals surface area contributed by atoms with E-state index >= 15 is 0 Å². The zero-order chi connectivity index (χ0) is 23.9. The van der Waals surface area contributed by atoms with Gasteiger partial charge >= 0.3 is 0 Å². The normalized spacial score (nSPS) is 12.3. The molecular formula is C24H29Cl2FN2O2S. The van der Waals surface area contributed by atoms with Gasteiger partial charge in [0, 0.05) is 33.4 Å². The van der Waals surface area contributed by atoms with E-state index in [2.05, 4.69) is 5.32 Å². The van der Waals surface area contributed by atoms with E-state index in [1.165, 1.54) is 17.8 Å². The molecule has 0 bridgehead atoms. The van der Waals surface area contributed by atoms with E-state index in [0.29, 0.717) is 22.0 Å². The molecule has 0 saturated carbocycles. The monoisotopic (exact) mass is 498 g/mol. The van der Waals surface area contributed by atoms with Crippen molar-refractivity contribution in [1.82, 2.24) is 10.2 Å². The smallest absolute Gasteiger partial charge is 0.243 e. The van der Waals surface area contributed by atoms with Gasteiger partial charge in [0.25, 0.3) is 0 Å². The summed E-state index contributed by atoms with van der Waals surface area (Å²) in [5.74, 6) is -0.515. The van der Waals surface area contributed by atoms with Gasteiger partial charge in [-0.1, -0.05) is 54.4 Å². The van der Waals surface area contributed by atoms with Crippen molar-refractivity contribution in [3.05, 3.63) is 69.5 Å². The van der Waals surface area contributed by atoms with E-state index in [1.54, 1.807) is 23.1 Å². The molecule has 2 aromatic rings. The second kappa shape index (κ2) is 11.9. The Morgan fingerprint density at radius 3 is 2.34 bits per heavy atom. The second-order valence-electron chi connectivity index (χ2n) is 8.47. The molecule has 2 aromatic carbocycles. The van der Waals surface area contributed by atoms with Gasteiger partial charge in [0.1, 0.15) is 11.9 Å². The van der Waals surface area contributed by atoms with Gasteiger partial charge in [0.05, 0.1) is 5.75 Å². The molecule has 0 saturated heterocycles. The van der Waals surface area contributed by atoms with Gasteiger partial charge in [-0.2, -0.15) is 0 Å². The number of halogens is 3. The summed E-state index contributed by atoms with van der Waals surface area (Å²) in [6.07, 6.45) is 0.446. The molecule has 0 unspecified atom stereocenters. The van der Waals surface area contributed by atoms with E-state index in [1.807, 2.05) is 45.9 Å². The Hall–Kier alpha value is -1.76. The number of carbonyl (C=O) groups excluding carboxylic acids is 2. The third-order valence-electron chi connectivity index (χ3n) is 4.72. The van der Waals surface area contributed by atoms with Crippen molar-refractivity contribution in [2.75, 3.05) is 5.75 Å². The highest BCUT2D eigenvalue weighted by Crippen LogP contribution is 2.25. The predicted octanol–water partition coefficient (Wildman–Crippen LogP) is 6.09. The topological polar surface area (TPSA) is 49.4 Å². The zero-order valence-electron chi connectivity index (χ0n) is 18.8. The number of thioether (sulfide) groups is 1. The molecule has 1 atom stereocenters. The number of nitrogens with zero attached hydrogens (tertiary/aromatic N) is 1. The minimum atomic E-state index is -0.657. The lowest BCUT2D eigenvalue weighted by molar-refractivity contribution is -0.140. The van der Waals surface area contributed by atoms with Crippen molar-refractivity contribution in [3.8, 4) is 0 Å². The van der Waals surface area contributed by atoms with Crippen molar-refractivity contribution >= 4 is 46.8 Å². The van der Waals surface area contributed by atoms with Gasteiger partial charge < -0.3 is 10.2 Å². The molecule has 0 aromatic heterocycles. The summed E-state index contributed by atoms with van der Waals surface area (Å²) in [7, 11) is 0. The molecular weight excluding hydrogens is 470 g/mol. The van der Waals surface area contributed by atoms with Crippen LogP contribution in [0.25, 0.3) is 0 Å². The van der Waals surface area contributed by atoms with Gasteiger partial charge in [-0.25, -0.2) is 4.39 Å². The lowest BCUT2D eigenvalue weighted by atomic mass is 10.1. The van der Waals surface area contributed by atoms with Crippen LogP contribution in [0.2, 0.25) is 10.0 Å². The molecule has 0 aliphatic heterocycles. The van der Waals surface area contributed by atoms with Crippen LogP contribution in [-0.4, -0.2) is 34.0 Å². The van der Waals surface area contributed by atoms with Crippen LogP contribution >= 0.6 is 35.0 Å². The number of amides is 2. The van der Waals surface area contributed by atoms with Crippen LogP contribution in [-0.2, 0) is 21.9 Å². The van der Waals surface area contributed by atoms with Crippen LogP contribution in [0.3, 0.4) is 0 Å². The maximum atomic E-state index is 14.1. The summed E-state index contributed by atoms with van der Waals surface area (Å²) in [5.41, 5.74) is 0.689. The fraction of sp³-hybridized carbons (Fsp3) is 0.417. The quantitative estimate of drug-likeness (QED) is 0.455. The van der Waals surface area contributed by atoms with Gasteiger partial charge in [-0.15, -0.1) is 11.8 Å². The number of benzene rings is 2. The van der Waals surface area contributed by atoms with E-state index in [0.717, 1.165) is 5.56 Å². The summed E-state index contributed by atoms with van der Waals surface area (Å²) in [4.78, 5) is 27.8. The van der Waals surface area contributed by atoms with Gasteiger partial charge in [-0.3, -0.25) is 9.59 Å². The summed E-state index contributed by atoms with van der Waals surface area (Å²) < 4.78 is 14.1. The molecule has 0 radical (unpaired) electrons. The largest absolute Gasteiger partial charge is 0.350 e. The second-order valence-corrected chi connectivity index (χ2v) is 10.3. The molecule has 174 valence electrons. The van der Waals surface area contributed by atoms with Crippen LogP contribution < -0.4 is 5.32 Å².